The number of carbonyl (C=O) groups is 2. The number of anilines is 1. The first-order valence-electron chi connectivity index (χ1n) is 12.3. The lowest BCUT2D eigenvalue weighted by molar-refractivity contribution is -0.120. The van der Waals surface area contributed by atoms with Crippen molar-refractivity contribution in [2.75, 3.05) is 25.0 Å². The predicted octanol–water partition coefficient (Wildman–Crippen LogP) is 2.53. The van der Waals surface area contributed by atoms with E-state index in [9.17, 15) is 26.4 Å². The quantitative estimate of drug-likeness (QED) is 0.428. The standard InChI is InChI=1S/C27H30N4O6S2/c1-20(2)28-26(32)23-15-9-10-16-24(23)29-27(33)25-19-30(38(34,35)21-11-5-3-6-12-21)17-18-31(25)39(36,37)22-13-7-4-8-14-22/h3-16,20,25H,17-19H2,1-2H3,(H,28,32)(H,29,33). The Morgan fingerprint density at radius 2 is 1.31 bits per heavy atom. The van der Waals surface area contributed by atoms with Crippen LogP contribution in [0.2, 0.25) is 0 Å². The molecule has 0 bridgehead atoms. The van der Waals surface area contributed by atoms with Crippen LogP contribution in [0.5, 0.6) is 0 Å². The Morgan fingerprint density at radius 3 is 1.90 bits per heavy atom. The molecule has 3 aromatic carbocycles. The predicted molar refractivity (Wildman–Crippen MR) is 147 cm³/mol. The number of hydrogen-bond donors (Lipinski definition) is 2. The van der Waals surface area contributed by atoms with Crippen molar-refractivity contribution < 1.29 is 26.4 Å². The van der Waals surface area contributed by atoms with Gasteiger partial charge in [0.1, 0.15) is 6.04 Å². The van der Waals surface area contributed by atoms with Gasteiger partial charge in [-0.15, -0.1) is 0 Å². The third-order valence-electron chi connectivity index (χ3n) is 6.18. The summed E-state index contributed by atoms with van der Waals surface area (Å²) in [6.45, 7) is 2.82. The number of carbonyl (C=O) groups excluding carboxylic acids is 2. The summed E-state index contributed by atoms with van der Waals surface area (Å²) in [6.07, 6.45) is 0. The van der Waals surface area contributed by atoms with E-state index in [1.807, 2.05) is 0 Å². The third kappa shape index (κ3) is 6.19. The van der Waals surface area contributed by atoms with Crippen LogP contribution in [0.4, 0.5) is 5.69 Å². The molecule has 10 nitrogen and oxygen atoms in total. The second-order valence-electron chi connectivity index (χ2n) is 9.28. The minimum absolute atomic E-state index is 0.0149. The lowest BCUT2D eigenvalue weighted by Gasteiger charge is -2.39. The van der Waals surface area contributed by atoms with Crippen LogP contribution in [0, 0.1) is 0 Å². The SMILES string of the molecule is CC(C)NC(=O)c1ccccc1NC(=O)C1CN(S(=O)(=O)c2ccccc2)CCN1S(=O)(=O)c1ccccc1. The number of benzene rings is 3. The number of piperazine rings is 1. The van der Waals surface area contributed by atoms with Gasteiger partial charge in [-0.1, -0.05) is 48.5 Å². The largest absolute Gasteiger partial charge is 0.350 e. The molecule has 3 aromatic rings. The molecule has 1 fully saturated rings. The molecule has 0 aliphatic carbocycles. The molecular weight excluding hydrogens is 540 g/mol. The smallest absolute Gasteiger partial charge is 0.253 e. The maximum atomic E-state index is 13.7. The highest BCUT2D eigenvalue weighted by Crippen LogP contribution is 2.26. The molecule has 0 aromatic heterocycles. The van der Waals surface area contributed by atoms with E-state index >= 15 is 0 Å². The first kappa shape index (κ1) is 28.4. The molecule has 1 saturated heterocycles. The molecule has 12 heteroatoms. The second kappa shape index (κ2) is 11.7. The molecular formula is C27H30N4O6S2. The summed E-state index contributed by atoms with van der Waals surface area (Å²) < 4.78 is 56.0. The van der Waals surface area contributed by atoms with E-state index in [0.717, 1.165) is 8.61 Å². The van der Waals surface area contributed by atoms with E-state index in [4.69, 9.17) is 0 Å². The fourth-order valence-corrected chi connectivity index (χ4v) is 7.33. The van der Waals surface area contributed by atoms with Crippen molar-refractivity contribution in [3.05, 3.63) is 90.5 Å². The van der Waals surface area contributed by atoms with Crippen molar-refractivity contribution in [1.29, 1.82) is 0 Å². The third-order valence-corrected chi connectivity index (χ3v) is 9.98. The Labute approximate surface area is 228 Å². The van der Waals surface area contributed by atoms with E-state index in [0.29, 0.717) is 0 Å². The van der Waals surface area contributed by atoms with Crippen molar-refractivity contribution >= 4 is 37.5 Å². The minimum Gasteiger partial charge on any atom is -0.350 e. The number of nitrogens with one attached hydrogen (secondary N) is 2. The number of para-hydroxylation sites is 1. The number of nitrogens with zero attached hydrogens (tertiary/aromatic N) is 2. The number of amides is 2. The number of sulfonamides is 2. The van der Waals surface area contributed by atoms with Crippen LogP contribution < -0.4 is 10.6 Å². The van der Waals surface area contributed by atoms with Gasteiger partial charge in [-0.3, -0.25) is 9.59 Å². The zero-order chi connectivity index (χ0) is 28.2. The summed E-state index contributed by atoms with van der Waals surface area (Å²) >= 11 is 0. The normalized spacial score (nSPS) is 17.1. The van der Waals surface area contributed by atoms with Gasteiger partial charge in [-0.25, -0.2) is 16.8 Å². The fourth-order valence-electron chi connectivity index (χ4n) is 4.28. The molecule has 1 unspecified atom stereocenters. The van der Waals surface area contributed by atoms with Gasteiger partial charge in [0.15, 0.2) is 0 Å². The molecule has 0 radical (unpaired) electrons. The Morgan fingerprint density at radius 1 is 0.769 bits per heavy atom. The monoisotopic (exact) mass is 570 g/mol. The van der Waals surface area contributed by atoms with Crippen molar-refractivity contribution in [3.8, 4) is 0 Å². The Kier molecular flexibility index (Phi) is 8.50. The summed E-state index contributed by atoms with van der Waals surface area (Å²) in [5.41, 5.74) is 0.377. The van der Waals surface area contributed by atoms with Gasteiger partial charge in [-0.2, -0.15) is 8.61 Å². The summed E-state index contributed by atoms with van der Waals surface area (Å²) in [4.78, 5) is 26.4. The second-order valence-corrected chi connectivity index (χ2v) is 13.1. The van der Waals surface area contributed by atoms with Crippen molar-refractivity contribution in [2.24, 2.45) is 0 Å². The van der Waals surface area contributed by atoms with E-state index in [2.05, 4.69) is 10.6 Å². The van der Waals surface area contributed by atoms with Crippen LogP contribution in [-0.2, 0) is 24.8 Å². The van der Waals surface area contributed by atoms with E-state index in [1.165, 1.54) is 30.3 Å². The molecule has 206 valence electrons. The first-order chi connectivity index (χ1) is 18.5. The molecule has 1 aliphatic heterocycles. The van der Waals surface area contributed by atoms with Crippen LogP contribution in [0.3, 0.4) is 0 Å². The van der Waals surface area contributed by atoms with Gasteiger partial charge >= 0.3 is 0 Å². The molecule has 2 N–H and O–H groups in total. The summed E-state index contributed by atoms with van der Waals surface area (Å²) in [7, 11) is -8.15. The van der Waals surface area contributed by atoms with Gasteiger partial charge in [0.25, 0.3) is 5.91 Å². The molecule has 4 rings (SSSR count). The number of rotatable bonds is 8. The van der Waals surface area contributed by atoms with Gasteiger partial charge in [-0.05, 0) is 50.2 Å². The van der Waals surface area contributed by atoms with Gasteiger partial charge < -0.3 is 10.6 Å². The Balaban J connectivity index is 1.70. The molecule has 0 spiro atoms. The zero-order valence-corrected chi connectivity index (χ0v) is 23.2. The van der Waals surface area contributed by atoms with Crippen LogP contribution in [-0.4, -0.2) is 69.0 Å². The highest BCUT2D eigenvalue weighted by Gasteiger charge is 2.43. The average Bonchev–Trinajstić information content (AvgIpc) is 2.93. The summed E-state index contributed by atoms with van der Waals surface area (Å²) in [5, 5.41) is 5.44. The lowest BCUT2D eigenvalue weighted by Crippen LogP contribution is -2.60. The molecule has 39 heavy (non-hydrogen) atoms. The minimum atomic E-state index is -4.15. The molecule has 2 amide bonds. The lowest BCUT2D eigenvalue weighted by atomic mass is 10.1. The average molecular weight is 571 g/mol. The highest BCUT2D eigenvalue weighted by molar-refractivity contribution is 7.89. The van der Waals surface area contributed by atoms with E-state index in [-0.39, 0.29) is 40.2 Å². The van der Waals surface area contributed by atoms with Crippen molar-refractivity contribution in [2.45, 2.75) is 35.7 Å². The number of hydrogen-bond acceptors (Lipinski definition) is 6. The van der Waals surface area contributed by atoms with Crippen LogP contribution in [0.25, 0.3) is 0 Å². The van der Waals surface area contributed by atoms with Crippen LogP contribution in [0.15, 0.2) is 94.7 Å². The van der Waals surface area contributed by atoms with Crippen LogP contribution in [0.1, 0.15) is 24.2 Å². The molecule has 0 saturated carbocycles. The topological polar surface area (TPSA) is 133 Å². The zero-order valence-electron chi connectivity index (χ0n) is 21.5. The molecule has 1 aliphatic rings. The van der Waals surface area contributed by atoms with Gasteiger partial charge in [0, 0.05) is 25.7 Å². The van der Waals surface area contributed by atoms with E-state index < -0.39 is 44.4 Å². The van der Waals surface area contributed by atoms with Crippen molar-refractivity contribution in [3.63, 3.8) is 0 Å². The summed E-state index contributed by atoms with van der Waals surface area (Å²) in [5.74, 6) is -1.17. The van der Waals surface area contributed by atoms with Gasteiger partial charge in [0.05, 0.1) is 21.0 Å². The maximum absolute atomic E-state index is 13.7. The highest BCUT2D eigenvalue weighted by atomic mass is 32.2. The fraction of sp³-hybridized carbons (Fsp3) is 0.259. The summed E-state index contributed by atoms with van der Waals surface area (Å²) in [6, 6.07) is 20.2. The van der Waals surface area contributed by atoms with Crippen molar-refractivity contribution in [1.82, 2.24) is 13.9 Å². The Hall–Kier alpha value is -3.58. The maximum Gasteiger partial charge on any atom is 0.253 e. The molecule has 1 heterocycles. The molecule has 1 atom stereocenters. The van der Waals surface area contributed by atoms with Gasteiger partial charge in [0.2, 0.25) is 26.0 Å². The van der Waals surface area contributed by atoms with Crippen LogP contribution >= 0.6 is 0 Å². The first-order valence-corrected chi connectivity index (χ1v) is 15.2. The van der Waals surface area contributed by atoms with E-state index in [1.54, 1.807) is 68.4 Å². The Bertz CT molecular complexity index is 1550.